The molecule has 0 unspecified atom stereocenters. The molecule has 0 N–H and O–H groups in total. The number of hydrogen-bond acceptors (Lipinski definition) is 1. The predicted octanol–water partition coefficient (Wildman–Crippen LogP) is 9.25. The number of rotatable bonds is 7. The van der Waals surface area contributed by atoms with Crippen molar-refractivity contribution in [1.82, 2.24) is 0 Å². The fourth-order valence-electron chi connectivity index (χ4n) is 5.73. The molecule has 39 heavy (non-hydrogen) atoms. The third-order valence-corrected chi connectivity index (χ3v) is 7.80. The maximum atomic E-state index is 5.31. The maximum Gasteiger partial charge on any atom is 0.0663 e. The van der Waals surface area contributed by atoms with E-state index < -0.39 is 0 Å². The first kappa shape index (κ1) is 24.8. The molecule has 6 rings (SSSR count). The molecule has 0 aliphatic heterocycles. The summed E-state index contributed by atoms with van der Waals surface area (Å²) in [6.45, 7) is 4.28. The third-order valence-electron chi connectivity index (χ3n) is 7.80. The fraction of sp³-hybridized carbons (Fsp3) is 0.132. The molecule has 0 spiro atoms. The Morgan fingerprint density at radius 2 is 1.36 bits per heavy atom. The van der Waals surface area contributed by atoms with E-state index in [1.54, 1.807) is 0 Å². The van der Waals surface area contributed by atoms with Gasteiger partial charge in [0.2, 0.25) is 0 Å². The molecule has 0 heterocycles. The normalized spacial score (nSPS) is 12.8. The van der Waals surface area contributed by atoms with E-state index in [0.29, 0.717) is 0 Å². The van der Waals surface area contributed by atoms with Gasteiger partial charge < -0.3 is 0 Å². The van der Waals surface area contributed by atoms with E-state index in [0.717, 1.165) is 36.2 Å². The molecule has 1 heteroatoms. The first-order valence-corrected chi connectivity index (χ1v) is 13.8. The molecule has 5 aromatic carbocycles. The van der Waals surface area contributed by atoms with Crippen molar-refractivity contribution in [1.29, 1.82) is 0 Å². The van der Waals surface area contributed by atoms with Crippen LogP contribution < -0.4 is 0 Å². The average molecular weight is 504 g/mol. The highest BCUT2D eigenvalue weighted by molar-refractivity contribution is 6.05. The highest BCUT2D eigenvalue weighted by atomic mass is 14.8. The summed E-state index contributed by atoms with van der Waals surface area (Å²) < 4.78 is 0. The lowest BCUT2D eigenvalue weighted by atomic mass is 9.90. The van der Waals surface area contributed by atoms with Crippen molar-refractivity contribution in [3.8, 4) is 11.1 Å². The number of fused-ring (bicyclic) bond motifs is 3. The third kappa shape index (κ3) is 5.26. The minimum Gasteiger partial charge on any atom is -0.252 e. The molecule has 0 amide bonds. The van der Waals surface area contributed by atoms with E-state index in [1.807, 2.05) is 0 Å². The lowest BCUT2D eigenvalue weighted by Gasteiger charge is -2.16. The van der Waals surface area contributed by atoms with Crippen molar-refractivity contribution in [2.75, 3.05) is 0 Å². The number of aryl methyl sites for hydroxylation is 1. The number of allylic oxidation sites excluding steroid dienone is 1. The van der Waals surface area contributed by atoms with E-state index >= 15 is 0 Å². The molecular formula is C38H33N. The van der Waals surface area contributed by atoms with Crippen LogP contribution in [0.1, 0.15) is 51.4 Å². The quantitative estimate of drug-likeness (QED) is 0.193. The first-order chi connectivity index (χ1) is 19.2. The second-order valence-corrected chi connectivity index (χ2v) is 10.4. The Morgan fingerprint density at radius 1 is 0.692 bits per heavy atom. The second-order valence-electron chi connectivity index (χ2n) is 10.4. The van der Waals surface area contributed by atoms with Crippen molar-refractivity contribution < 1.29 is 0 Å². The molecule has 0 saturated heterocycles. The lowest BCUT2D eigenvalue weighted by Crippen LogP contribution is -2.09. The van der Waals surface area contributed by atoms with Crippen molar-refractivity contribution in [3.63, 3.8) is 0 Å². The fourth-order valence-corrected chi connectivity index (χ4v) is 5.73. The Morgan fingerprint density at radius 3 is 2.10 bits per heavy atom. The molecule has 1 aliphatic rings. The van der Waals surface area contributed by atoms with Crippen LogP contribution in [-0.4, -0.2) is 5.71 Å². The molecule has 0 aromatic heterocycles. The SMILES string of the molecule is CC=C(N=C(Cc1cc(Cc2ccccc2C)cc2c1Cc1ccccc1-2)c1ccccc1)c1ccccc1. The van der Waals surface area contributed by atoms with Gasteiger partial charge in [0, 0.05) is 6.42 Å². The zero-order valence-electron chi connectivity index (χ0n) is 22.7. The van der Waals surface area contributed by atoms with Gasteiger partial charge >= 0.3 is 0 Å². The van der Waals surface area contributed by atoms with Crippen LogP contribution in [0.15, 0.2) is 132 Å². The van der Waals surface area contributed by atoms with E-state index in [-0.39, 0.29) is 0 Å². The summed E-state index contributed by atoms with van der Waals surface area (Å²) in [7, 11) is 0. The Bertz CT molecular complexity index is 1670. The molecule has 1 nitrogen and oxygen atoms in total. The van der Waals surface area contributed by atoms with Gasteiger partial charge in [0.15, 0.2) is 0 Å². The van der Waals surface area contributed by atoms with Gasteiger partial charge in [-0.25, -0.2) is 0 Å². The van der Waals surface area contributed by atoms with Crippen LogP contribution in [0, 0.1) is 6.92 Å². The Hall–Kier alpha value is -4.49. The van der Waals surface area contributed by atoms with Crippen molar-refractivity contribution in [3.05, 3.63) is 172 Å². The molecular weight excluding hydrogens is 470 g/mol. The van der Waals surface area contributed by atoms with Gasteiger partial charge in [0.25, 0.3) is 0 Å². The van der Waals surface area contributed by atoms with Gasteiger partial charge in [-0.15, -0.1) is 0 Å². The van der Waals surface area contributed by atoms with Crippen LogP contribution in [0.2, 0.25) is 0 Å². The molecule has 0 saturated carbocycles. The predicted molar refractivity (Wildman–Crippen MR) is 165 cm³/mol. The number of nitrogens with zero attached hydrogens (tertiary/aromatic N) is 1. The Labute approximate surface area is 232 Å². The average Bonchev–Trinajstić information content (AvgIpc) is 3.36. The molecule has 1 aliphatic carbocycles. The standard InChI is InChI=1S/C38H33N/c1-3-37(29-15-6-4-7-16-29)39-38(30-17-8-5-9-18-30)26-33-23-28(22-31-19-11-10-14-27(31)2)24-36-34-21-13-12-20-32(34)25-35(33)36/h3-21,23-24H,22,25-26H2,1-2H3. The maximum absolute atomic E-state index is 5.31. The molecule has 0 fully saturated rings. The Kier molecular flexibility index (Phi) is 7.06. The summed E-state index contributed by atoms with van der Waals surface area (Å²) in [6, 6.07) is 43.6. The van der Waals surface area contributed by atoms with E-state index in [4.69, 9.17) is 4.99 Å². The van der Waals surface area contributed by atoms with Crippen LogP contribution in [0.3, 0.4) is 0 Å². The smallest absolute Gasteiger partial charge is 0.0663 e. The van der Waals surface area contributed by atoms with E-state index in [9.17, 15) is 0 Å². The van der Waals surface area contributed by atoms with Gasteiger partial charge in [-0.05, 0) is 82.3 Å². The number of aliphatic imine (C=N–C) groups is 1. The molecule has 0 atom stereocenters. The lowest BCUT2D eigenvalue weighted by molar-refractivity contribution is 1.12. The van der Waals surface area contributed by atoms with Crippen molar-refractivity contribution >= 4 is 11.4 Å². The summed E-state index contributed by atoms with van der Waals surface area (Å²) in [5.74, 6) is 0. The van der Waals surface area contributed by atoms with E-state index in [2.05, 4.69) is 141 Å². The van der Waals surface area contributed by atoms with Crippen LogP contribution in [0.25, 0.3) is 16.8 Å². The summed E-state index contributed by atoms with van der Waals surface area (Å²) in [5.41, 5.74) is 15.5. The van der Waals surface area contributed by atoms with Gasteiger partial charge in [-0.3, -0.25) is 4.99 Å². The zero-order chi connectivity index (χ0) is 26.6. The number of benzene rings is 5. The highest BCUT2D eigenvalue weighted by Gasteiger charge is 2.23. The van der Waals surface area contributed by atoms with Gasteiger partial charge in [0.05, 0.1) is 11.4 Å². The summed E-state index contributed by atoms with van der Waals surface area (Å²) >= 11 is 0. The number of hydrogen-bond donors (Lipinski definition) is 0. The van der Waals surface area contributed by atoms with Gasteiger partial charge in [0.1, 0.15) is 0 Å². The van der Waals surface area contributed by atoms with Crippen molar-refractivity contribution in [2.24, 2.45) is 4.99 Å². The minimum atomic E-state index is 0.784. The topological polar surface area (TPSA) is 12.4 Å². The summed E-state index contributed by atoms with van der Waals surface area (Å²) in [5, 5.41) is 0. The van der Waals surface area contributed by atoms with Crippen LogP contribution >= 0.6 is 0 Å². The van der Waals surface area contributed by atoms with Gasteiger partial charge in [-0.2, -0.15) is 0 Å². The Balaban J connectivity index is 1.47. The zero-order valence-corrected chi connectivity index (χ0v) is 22.7. The first-order valence-electron chi connectivity index (χ1n) is 13.8. The minimum absolute atomic E-state index is 0.784. The molecule has 190 valence electrons. The van der Waals surface area contributed by atoms with Crippen LogP contribution in [-0.2, 0) is 19.3 Å². The van der Waals surface area contributed by atoms with E-state index in [1.165, 1.54) is 50.1 Å². The molecule has 0 bridgehead atoms. The van der Waals surface area contributed by atoms with Crippen LogP contribution in [0.5, 0.6) is 0 Å². The van der Waals surface area contributed by atoms with Crippen molar-refractivity contribution in [2.45, 2.75) is 33.1 Å². The van der Waals surface area contributed by atoms with Crippen LogP contribution in [0.4, 0.5) is 0 Å². The van der Waals surface area contributed by atoms with Gasteiger partial charge in [-0.1, -0.05) is 127 Å². The summed E-state index contributed by atoms with van der Waals surface area (Å²) in [4.78, 5) is 5.31. The monoisotopic (exact) mass is 503 g/mol. The largest absolute Gasteiger partial charge is 0.252 e. The summed E-state index contributed by atoms with van der Waals surface area (Å²) in [6.07, 6.45) is 4.80. The highest BCUT2D eigenvalue weighted by Crippen LogP contribution is 2.40. The molecule has 5 aromatic rings. The second kappa shape index (κ2) is 11.1. The molecule has 0 radical (unpaired) electrons.